The van der Waals surface area contributed by atoms with E-state index in [0.717, 1.165) is 0 Å². The number of ether oxygens (including phenoxy) is 3. The summed E-state index contributed by atoms with van der Waals surface area (Å²) in [4.78, 5) is 11.3. The topological polar surface area (TPSA) is 117 Å². The van der Waals surface area contributed by atoms with Gasteiger partial charge in [0, 0.05) is 20.8 Å². The lowest BCUT2D eigenvalue weighted by Gasteiger charge is -2.27. The summed E-state index contributed by atoms with van der Waals surface area (Å²) in [7, 11) is 0.471. The molecule has 3 N–H and O–H groups in total. The Hall–Kier alpha value is -1.68. The second kappa shape index (κ2) is 7.73. The second-order valence-corrected chi connectivity index (χ2v) is 6.90. The van der Waals surface area contributed by atoms with E-state index in [1.165, 1.54) is 39.5 Å². The van der Waals surface area contributed by atoms with Gasteiger partial charge in [0.1, 0.15) is 11.4 Å². The zero-order valence-electron chi connectivity index (χ0n) is 13.6. The van der Waals surface area contributed by atoms with Crippen molar-refractivity contribution in [3.63, 3.8) is 0 Å². The Bertz CT molecular complexity index is 661. The standard InChI is InChI=1S/C14H22N2O6S/c1-14(22-4,9-20-2)8-16-23(18,19)10-5-6-12(21-3)11(7-10)13(15)17/h5-7,16H,8-9H2,1-4H3,(H2,15,17). The van der Waals surface area contributed by atoms with Crippen LogP contribution in [-0.4, -0.2) is 54.4 Å². The minimum Gasteiger partial charge on any atom is -0.496 e. The summed E-state index contributed by atoms with van der Waals surface area (Å²) >= 11 is 0. The van der Waals surface area contributed by atoms with E-state index < -0.39 is 21.5 Å². The number of carbonyl (C=O) groups excluding carboxylic acids is 1. The summed E-state index contributed by atoms with van der Waals surface area (Å²) in [6, 6.07) is 3.87. The Kier molecular flexibility index (Phi) is 6.51. The fourth-order valence-corrected chi connectivity index (χ4v) is 3.05. The largest absolute Gasteiger partial charge is 0.496 e. The van der Waals surface area contributed by atoms with Crippen molar-refractivity contribution < 1.29 is 27.4 Å². The van der Waals surface area contributed by atoms with Crippen LogP contribution in [0.25, 0.3) is 0 Å². The fraction of sp³-hybridized carbons (Fsp3) is 0.500. The maximum absolute atomic E-state index is 12.4. The average molecular weight is 346 g/mol. The van der Waals surface area contributed by atoms with Crippen molar-refractivity contribution in [3.05, 3.63) is 23.8 Å². The third-order valence-electron chi connectivity index (χ3n) is 3.33. The first-order valence-electron chi connectivity index (χ1n) is 6.70. The smallest absolute Gasteiger partial charge is 0.252 e. The first-order chi connectivity index (χ1) is 10.7. The third kappa shape index (κ3) is 4.90. The number of amides is 1. The van der Waals surface area contributed by atoms with Crippen molar-refractivity contribution in [2.75, 3.05) is 34.5 Å². The predicted molar refractivity (Wildman–Crippen MR) is 84.0 cm³/mol. The Balaban J connectivity index is 3.05. The number of primary amides is 1. The molecule has 23 heavy (non-hydrogen) atoms. The van der Waals surface area contributed by atoms with Gasteiger partial charge in [-0.2, -0.15) is 0 Å². The number of nitrogens with two attached hydrogens (primary N) is 1. The highest BCUT2D eigenvalue weighted by atomic mass is 32.2. The highest BCUT2D eigenvalue weighted by molar-refractivity contribution is 7.89. The maximum atomic E-state index is 12.4. The molecule has 0 aliphatic carbocycles. The van der Waals surface area contributed by atoms with Crippen LogP contribution in [0, 0.1) is 0 Å². The lowest BCUT2D eigenvalue weighted by Crippen LogP contribution is -2.45. The van der Waals surface area contributed by atoms with Crippen molar-refractivity contribution >= 4 is 15.9 Å². The van der Waals surface area contributed by atoms with E-state index in [9.17, 15) is 13.2 Å². The molecule has 1 aromatic carbocycles. The number of sulfonamides is 1. The molecule has 0 spiro atoms. The predicted octanol–water partition coefficient (Wildman–Crippen LogP) is 0.124. The molecule has 0 heterocycles. The van der Waals surface area contributed by atoms with Crippen LogP contribution in [0.4, 0.5) is 0 Å². The van der Waals surface area contributed by atoms with Gasteiger partial charge in [0.25, 0.3) is 5.91 Å². The van der Waals surface area contributed by atoms with Gasteiger partial charge in [-0.1, -0.05) is 0 Å². The summed E-state index contributed by atoms with van der Waals surface area (Å²) in [5, 5.41) is 0. The highest BCUT2D eigenvalue weighted by Gasteiger charge is 2.27. The Morgan fingerprint density at radius 1 is 1.30 bits per heavy atom. The molecule has 0 radical (unpaired) electrons. The van der Waals surface area contributed by atoms with Gasteiger partial charge in [0.2, 0.25) is 10.0 Å². The fourth-order valence-electron chi connectivity index (χ4n) is 1.87. The van der Waals surface area contributed by atoms with Gasteiger partial charge in [-0.05, 0) is 25.1 Å². The van der Waals surface area contributed by atoms with E-state index in [1.807, 2.05) is 0 Å². The molecule has 1 atom stereocenters. The SMILES string of the molecule is COCC(C)(CNS(=O)(=O)c1ccc(OC)c(C(N)=O)c1)OC. The second-order valence-electron chi connectivity index (χ2n) is 5.14. The monoisotopic (exact) mass is 346 g/mol. The molecule has 0 aliphatic rings. The lowest BCUT2D eigenvalue weighted by atomic mass is 10.1. The molecular weight excluding hydrogens is 324 g/mol. The zero-order chi connectivity index (χ0) is 17.7. The van der Waals surface area contributed by atoms with Crippen molar-refractivity contribution in [2.24, 2.45) is 5.73 Å². The van der Waals surface area contributed by atoms with Crippen LogP contribution >= 0.6 is 0 Å². The van der Waals surface area contributed by atoms with Crippen LogP contribution in [0.3, 0.4) is 0 Å². The molecule has 130 valence electrons. The Morgan fingerprint density at radius 3 is 2.43 bits per heavy atom. The van der Waals surface area contributed by atoms with E-state index in [4.69, 9.17) is 19.9 Å². The summed E-state index contributed by atoms with van der Waals surface area (Å²) in [5.74, 6) is -0.572. The van der Waals surface area contributed by atoms with E-state index in [0.29, 0.717) is 0 Å². The van der Waals surface area contributed by atoms with E-state index in [1.54, 1.807) is 6.92 Å². The summed E-state index contributed by atoms with van der Waals surface area (Å²) in [6.45, 7) is 1.92. The Labute approximate surface area is 136 Å². The maximum Gasteiger partial charge on any atom is 0.252 e. The van der Waals surface area contributed by atoms with Gasteiger partial charge in [0.15, 0.2) is 0 Å². The third-order valence-corrected chi connectivity index (χ3v) is 4.72. The number of rotatable bonds is 9. The van der Waals surface area contributed by atoms with Crippen molar-refractivity contribution in [1.29, 1.82) is 0 Å². The van der Waals surface area contributed by atoms with Crippen LogP contribution in [0.2, 0.25) is 0 Å². The summed E-state index contributed by atoms with van der Waals surface area (Å²) in [5.41, 5.74) is 4.41. The zero-order valence-corrected chi connectivity index (χ0v) is 14.4. The van der Waals surface area contributed by atoms with Crippen LogP contribution in [0.1, 0.15) is 17.3 Å². The van der Waals surface area contributed by atoms with Gasteiger partial charge in [-0.25, -0.2) is 13.1 Å². The molecule has 0 saturated heterocycles. The summed E-state index contributed by atoms with van der Waals surface area (Å²) < 4.78 is 42.4. The number of hydrogen-bond acceptors (Lipinski definition) is 6. The van der Waals surface area contributed by atoms with Gasteiger partial charge < -0.3 is 19.9 Å². The van der Waals surface area contributed by atoms with Crippen molar-refractivity contribution in [1.82, 2.24) is 4.72 Å². The van der Waals surface area contributed by atoms with Crippen LogP contribution in [0.5, 0.6) is 5.75 Å². The van der Waals surface area contributed by atoms with Crippen molar-refractivity contribution in [3.8, 4) is 5.75 Å². The molecular formula is C14H22N2O6S. The van der Waals surface area contributed by atoms with Gasteiger partial charge >= 0.3 is 0 Å². The molecule has 0 bridgehead atoms. The van der Waals surface area contributed by atoms with Crippen LogP contribution < -0.4 is 15.2 Å². The number of carbonyl (C=O) groups is 1. The molecule has 1 unspecified atom stereocenters. The van der Waals surface area contributed by atoms with Crippen molar-refractivity contribution in [2.45, 2.75) is 17.4 Å². The van der Waals surface area contributed by atoms with Gasteiger partial charge in [-0.3, -0.25) is 4.79 Å². The molecule has 1 aromatic rings. The number of nitrogens with one attached hydrogen (secondary N) is 1. The molecule has 0 aromatic heterocycles. The van der Waals surface area contributed by atoms with Crippen LogP contribution in [0.15, 0.2) is 23.1 Å². The van der Waals surface area contributed by atoms with E-state index in [2.05, 4.69) is 4.72 Å². The molecule has 0 aliphatic heterocycles. The van der Waals surface area contributed by atoms with Gasteiger partial charge in [0.05, 0.1) is 24.2 Å². The molecule has 1 amide bonds. The minimum atomic E-state index is -3.85. The van der Waals surface area contributed by atoms with E-state index >= 15 is 0 Å². The Morgan fingerprint density at radius 2 is 1.96 bits per heavy atom. The quantitative estimate of drug-likeness (QED) is 0.656. The normalized spacial score (nSPS) is 14.3. The van der Waals surface area contributed by atoms with Crippen LogP contribution in [-0.2, 0) is 19.5 Å². The first kappa shape index (κ1) is 19.4. The number of benzene rings is 1. The molecule has 0 fully saturated rings. The number of hydrogen-bond donors (Lipinski definition) is 2. The lowest BCUT2D eigenvalue weighted by molar-refractivity contribution is -0.0460. The minimum absolute atomic E-state index is 0.00237. The summed E-state index contributed by atoms with van der Waals surface area (Å²) in [6.07, 6.45) is 0. The number of methoxy groups -OCH3 is 3. The van der Waals surface area contributed by atoms with Gasteiger partial charge in [-0.15, -0.1) is 0 Å². The molecule has 8 nitrogen and oxygen atoms in total. The van der Waals surface area contributed by atoms with E-state index in [-0.39, 0.29) is 29.4 Å². The molecule has 0 saturated carbocycles. The first-order valence-corrected chi connectivity index (χ1v) is 8.19. The molecule has 9 heteroatoms. The average Bonchev–Trinajstić information content (AvgIpc) is 2.52. The molecule has 1 rings (SSSR count). The highest BCUT2D eigenvalue weighted by Crippen LogP contribution is 2.22.